The van der Waals surface area contributed by atoms with Gasteiger partial charge < -0.3 is 5.73 Å². The predicted octanol–water partition coefficient (Wildman–Crippen LogP) is 2.52. The normalized spacial score (nSPS) is 24.6. The minimum atomic E-state index is 0.611. The van der Waals surface area contributed by atoms with Crippen molar-refractivity contribution in [3.63, 3.8) is 0 Å². The van der Waals surface area contributed by atoms with Crippen LogP contribution in [-0.2, 0) is 6.42 Å². The van der Waals surface area contributed by atoms with Crippen molar-refractivity contribution in [2.45, 2.75) is 25.3 Å². The first-order chi connectivity index (χ1) is 7.84. The monoisotopic (exact) mass is 214 g/mol. The van der Waals surface area contributed by atoms with Gasteiger partial charge in [-0.05, 0) is 42.5 Å². The third kappa shape index (κ3) is 1.63. The van der Waals surface area contributed by atoms with E-state index in [2.05, 4.69) is 29.2 Å². The Kier molecular flexibility index (Phi) is 2.44. The second kappa shape index (κ2) is 3.95. The highest BCUT2D eigenvalue weighted by Crippen LogP contribution is 2.35. The molecule has 0 spiro atoms. The highest BCUT2D eigenvalue weighted by molar-refractivity contribution is 5.46. The summed E-state index contributed by atoms with van der Waals surface area (Å²) < 4.78 is 0. The summed E-state index contributed by atoms with van der Waals surface area (Å²) in [6.45, 7) is 2.21. The van der Waals surface area contributed by atoms with Crippen molar-refractivity contribution in [2.24, 2.45) is 0 Å². The van der Waals surface area contributed by atoms with Gasteiger partial charge in [-0.1, -0.05) is 18.2 Å². The van der Waals surface area contributed by atoms with Crippen LogP contribution in [0.5, 0.6) is 0 Å². The lowest BCUT2D eigenvalue weighted by Crippen LogP contribution is -2.29. The standard InChI is InChI=1S/C14H18N2/c15-12-6-7-13-11(10-12)4-3-5-14(13)16-8-1-2-9-16/h1-2,6-7,10,14H,3-5,8-9,15H2. The molecule has 16 heavy (non-hydrogen) atoms. The van der Waals surface area contributed by atoms with Crippen LogP contribution >= 0.6 is 0 Å². The Morgan fingerprint density at radius 3 is 2.81 bits per heavy atom. The number of aryl methyl sites for hydroxylation is 1. The van der Waals surface area contributed by atoms with Gasteiger partial charge in [0.2, 0.25) is 0 Å². The zero-order chi connectivity index (χ0) is 11.0. The van der Waals surface area contributed by atoms with Gasteiger partial charge in [-0.2, -0.15) is 0 Å². The van der Waals surface area contributed by atoms with Crippen molar-refractivity contribution in [1.82, 2.24) is 4.90 Å². The van der Waals surface area contributed by atoms with E-state index in [9.17, 15) is 0 Å². The summed E-state index contributed by atoms with van der Waals surface area (Å²) >= 11 is 0. The maximum Gasteiger partial charge on any atom is 0.0357 e. The van der Waals surface area contributed by atoms with Gasteiger partial charge in [-0.3, -0.25) is 4.90 Å². The van der Waals surface area contributed by atoms with Gasteiger partial charge in [0.05, 0.1) is 0 Å². The molecule has 1 heterocycles. The Hall–Kier alpha value is -1.28. The summed E-state index contributed by atoms with van der Waals surface area (Å²) in [5.74, 6) is 0. The highest BCUT2D eigenvalue weighted by atomic mass is 15.2. The number of hydrogen-bond donors (Lipinski definition) is 1. The number of anilines is 1. The smallest absolute Gasteiger partial charge is 0.0357 e. The molecule has 0 amide bonds. The van der Waals surface area contributed by atoms with E-state index < -0.39 is 0 Å². The van der Waals surface area contributed by atoms with Crippen LogP contribution in [0.4, 0.5) is 5.69 Å². The SMILES string of the molecule is Nc1ccc2c(c1)CCCC2N1CC=CC1. The van der Waals surface area contributed by atoms with Crippen molar-refractivity contribution in [2.75, 3.05) is 18.8 Å². The molecule has 2 nitrogen and oxygen atoms in total. The maximum absolute atomic E-state index is 5.85. The van der Waals surface area contributed by atoms with E-state index in [4.69, 9.17) is 5.73 Å². The van der Waals surface area contributed by atoms with Gasteiger partial charge in [-0.25, -0.2) is 0 Å². The molecule has 0 fully saturated rings. The molecule has 3 rings (SSSR count). The lowest BCUT2D eigenvalue weighted by Gasteiger charge is -2.33. The van der Waals surface area contributed by atoms with Gasteiger partial charge >= 0.3 is 0 Å². The summed E-state index contributed by atoms with van der Waals surface area (Å²) in [5.41, 5.74) is 9.72. The Morgan fingerprint density at radius 1 is 1.19 bits per heavy atom. The lowest BCUT2D eigenvalue weighted by molar-refractivity contribution is 0.231. The van der Waals surface area contributed by atoms with E-state index in [0.717, 1.165) is 18.8 Å². The zero-order valence-corrected chi connectivity index (χ0v) is 9.52. The molecule has 1 aliphatic carbocycles. The van der Waals surface area contributed by atoms with Crippen LogP contribution in [-0.4, -0.2) is 18.0 Å². The van der Waals surface area contributed by atoms with Gasteiger partial charge in [0.15, 0.2) is 0 Å². The fourth-order valence-corrected chi connectivity index (χ4v) is 2.94. The third-order valence-electron chi connectivity index (χ3n) is 3.74. The van der Waals surface area contributed by atoms with Crippen LogP contribution in [0.25, 0.3) is 0 Å². The molecule has 2 heteroatoms. The minimum Gasteiger partial charge on any atom is -0.399 e. The van der Waals surface area contributed by atoms with Gasteiger partial charge in [-0.15, -0.1) is 0 Å². The van der Waals surface area contributed by atoms with Crippen molar-refractivity contribution in [1.29, 1.82) is 0 Å². The molecule has 2 aliphatic rings. The number of hydrogen-bond acceptors (Lipinski definition) is 2. The predicted molar refractivity (Wildman–Crippen MR) is 67.2 cm³/mol. The average Bonchev–Trinajstić information content (AvgIpc) is 2.81. The van der Waals surface area contributed by atoms with E-state index in [1.165, 1.54) is 30.4 Å². The molecule has 1 unspecified atom stereocenters. The van der Waals surface area contributed by atoms with Gasteiger partial charge in [0.25, 0.3) is 0 Å². The summed E-state index contributed by atoms with van der Waals surface area (Å²) in [5, 5.41) is 0. The van der Waals surface area contributed by atoms with Gasteiger partial charge in [0.1, 0.15) is 0 Å². The van der Waals surface area contributed by atoms with E-state index in [1.54, 1.807) is 0 Å². The quantitative estimate of drug-likeness (QED) is 0.575. The van der Waals surface area contributed by atoms with E-state index >= 15 is 0 Å². The number of nitrogens with zero attached hydrogens (tertiary/aromatic N) is 1. The molecule has 0 radical (unpaired) electrons. The first-order valence-electron chi connectivity index (χ1n) is 6.12. The Morgan fingerprint density at radius 2 is 2.00 bits per heavy atom. The number of rotatable bonds is 1. The molecule has 0 bridgehead atoms. The molecule has 2 N–H and O–H groups in total. The second-order valence-electron chi connectivity index (χ2n) is 4.79. The van der Waals surface area contributed by atoms with E-state index in [0.29, 0.717) is 6.04 Å². The van der Waals surface area contributed by atoms with Crippen molar-refractivity contribution >= 4 is 5.69 Å². The third-order valence-corrected chi connectivity index (χ3v) is 3.74. The van der Waals surface area contributed by atoms with Crippen LogP contribution < -0.4 is 5.73 Å². The average molecular weight is 214 g/mol. The fraction of sp³-hybridized carbons (Fsp3) is 0.429. The molecule has 1 aliphatic heterocycles. The fourth-order valence-electron chi connectivity index (χ4n) is 2.94. The highest BCUT2D eigenvalue weighted by Gasteiger charge is 2.25. The van der Waals surface area contributed by atoms with E-state index in [1.807, 2.05) is 6.07 Å². The van der Waals surface area contributed by atoms with Crippen molar-refractivity contribution in [3.05, 3.63) is 41.5 Å². The first-order valence-corrected chi connectivity index (χ1v) is 6.12. The Labute approximate surface area is 96.7 Å². The maximum atomic E-state index is 5.85. The lowest BCUT2D eigenvalue weighted by atomic mass is 9.86. The Bertz CT molecular complexity index is 415. The summed E-state index contributed by atoms with van der Waals surface area (Å²) in [4.78, 5) is 2.55. The van der Waals surface area contributed by atoms with Crippen LogP contribution in [0, 0.1) is 0 Å². The second-order valence-corrected chi connectivity index (χ2v) is 4.79. The minimum absolute atomic E-state index is 0.611. The number of nitrogens with two attached hydrogens (primary N) is 1. The molecule has 84 valence electrons. The van der Waals surface area contributed by atoms with Crippen LogP contribution in [0.3, 0.4) is 0 Å². The number of benzene rings is 1. The molecular weight excluding hydrogens is 196 g/mol. The molecule has 0 saturated heterocycles. The molecular formula is C14H18N2. The topological polar surface area (TPSA) is 29.3 Å². The number of nitrogen functional groups attached to an aromatic ring is 1. The molecule has 0 saturated carbocycles. The summed E-state index contributed by atoms with van der Waals surface area (Å²) in [6, 6.07) is 7.04. The molecule has 0 aromatic heterocycles. The van der Waals surface area contributed by atoms with Crippen molar-refractivity contribution < 1.29 is 0 Å². The van der Waals surface area contributed by atoms with Crippen LogP contribution in [0.2, 0.25) is 0 Å². The Balaban J connectivity index is 1.93. The molecule has 1 aromatic rings. The first kappa shape index (κ1) is 9.91. The van der Waals surface area contributed by atoms with Gasteiger partial charge in [0, 0.05) is 24.8 Å². The zero-order valence-electron chi connectivity index (χ0n) is 9.52. The largest absolute Gasteiger partial charge is 0.399 e. The van der Waals surface area contributed by atoms with Crippen molar-refractivity contribution in [3.8, 4) is 0 Å². The summed E-state index contributed by atoms with van der Waals surface area (Å²) in [7, 11) is 0. The molecule has 1 atom stereocenters. The van der Waals surface area contributed by atoms with Crippen LogP contribution in [0.15, 0.2) is 30.4 Å². The van der Waals surface area contributed by atoms with E-state index in [-0.39, 0.29) is 0 Å². The van der Waals surface area contributed by atoms with Crippen LogP contribution in [0.1, 0.15) is 30.0 Å². The molecule has 1 aromatic carbocycles. The number of fused-ring (bicyclic) bond motifs is 1. The summed E-state index contributed by atoms with van der Waals surface area (Å²) in [6.07, 6.45) is 8.31.